The number of hydrogen-bond acceptors (Lipinski definition) is 7. The molecular formula is C17H24BNO6. The molecule has 0 spiro atoms. The molecule has 0 amide bonds. The second-order valence-corrected chi connectivity index (χ2v) is 6.81. The maximum absolute atomic E-state index is 12.3. The molecule has 8 heteroatoms. The number of rotatable bonds is 5. The first-order valence-electron chi connectivity index (χ1n) is 8.23. The third-order valence-electron chi connectivity index (χ3n) is 4.41. The van der Waals surface area contributed by atoms with E-state index in [1.165, 1.54) is 13.1 Å². The van der Waals surface area contributed by atoms with Gasteiger partial charge in [-0.25, -0.2) is 4.79 Å². The Morgan fingerprint density at radius 2 is 1.84 bits per heavy atom. The van der Waals surface area contributed by atoms with Crippen molar-refractivity contribution in [3.8, 4) is 0 Å². The van der Waals surface area contributed by atoms with Crippen LogP contribution in [0.2, 0.25) is 0 Å². The first kappa shape index (κ1) is 19.4. The van der Waals surface area contributed by atoms with E-state index in [0.29, 0.717) is 5.46 Å². The summed E-state index contributed by atoms with van der Waals surface area (Å²) in [4.78, 5) is 28.0. The number of carbonyl (C=O) groups is 2. The standard InChI is InChI=1S/C17H24BNO6/c1-7-22-15(21)14(23-11(2)20)13-12(9-8-10-19-13)18-24-16(3,4)17(5,6)25-18/h8-10,14H,7H2,1-6H3. The summed E-state index contributed by atoms with van der Waals surface area (Å²) in [7, 11) is -0.735. The van der Waals surface area contributed by atoms with E-state index >= 15 is 0 Å². The van der Waals surface area contributed by atoms with Gasteiger partial charge in [-0.15, -0.1) is 0 Å². The highest BCUT2D eigenvalue weighted by Gasteiger charge is 2.53. The highest BCUT2D eigenvalue weighted by atomic mass is 16.7. The van der Waals surface area contributed by atoms with Crippen molar-refractivity contribution in [2.45, 2.75) is 58.8 Å². The molecule has 0 aromatic carbocycles. The number of pyridine rings is 1. The number of esters is 2. The largest absolute Gasteiger partial charge is 0.496 e. The van der Waals surface area contributed by atoms with Crippen LogP contribution in [0.5, 0.6) is 0 Å². The van der Waals surface area contributed by atoms with Crippen LogP contribution in [0.1, 0.15) is 53.3 Å². The Kier molecular flexibility index (Phi) is 5.54. The highest BCUT2D eigenvalue weighted by molar-refractivity contribution is 6.62. The number of carbonyl (C=O) groups excluding carboxylic acids is 2. The second-order valence-electron chi connectivity index (χ2n) is 6.81. The van der Waals surface area contributed by atoms with Crippen molar-refractivity contribution in [3.05, 3.63) is 24.0 Å². The first-order valence-corrected chi connectivity index (χ1v) is 8.23. The van der Waals surface area contributed by atoms with Crippen molar-refractivity contribution in [3.63, 3.8) is 0 Å². The molecule has 0 bridgehead atoms. The van der Waals surface area contributed by atoms with Gasteiger partial charge in [-0.05, 0) is 40.7 Å². The van der Waals surface area contributed by atoms with Gasteiger partial charge in [0.15, 0.2) is 0 Å². The van der Waals surface area contributed by atoms with Gasteiger partial charge in [-0.2, -0.15) is 0 Å². The van der Waals surface area contributed by atoms with Gasteiger partial charge in [-0.1, -0.05) is 6.07 Å². The van der Waals surface area contributed by atoms with Gasteiger partial charge in [0.05, 0.1) is 23.5 Å². The Morgan fingerprint density at radius 1 is 1.24 bits per heavy atom. The molecular weight excluding hydrogens is 325 g/mol. The summed E-state index contributed by atoms with van der Waals surface area (Å²) < 4.78 is 22.3. The zero-order chi connectivity index (χ0) is 18.8. The molecule has 2 heterocycles. The third-order valence-corrected chi connectivity index (χ3v) is 4.41. The van der Waals surface area contributed by atoms with Crippen LogP contribution in [0.3, 0.4) is 0 Å². The average Bonchev–Trinajstić information content (AvgIpc) is 2.73. The van der Waals surface area contributed by atoms with Crippen molar-refractivity contribution < 1.29 is 28.4 Å². The van der Waals surface area contributed by atoms with Gasteiger partial charge < -0.3 is 18.8 Å². The lowest BCUT2D eigenvalue weighted by Gasteiger charge is -2.32. The van der Waals surface area contributed by atoms with Crippen LogP contribution in [0.4, 0.5) is 0 Å². The minimum absolute atomic E-state index is 0.162. The summed E-state index contributed by atoms with van der Waals surface area (Å²) in [6.45, 7) is 10.8. The molecule has 1 aliphatic rings. The van der Waals surface area contributed by atoms with Crippen LogP contribution in [0.25, 0.3) is 0 Å². The summed E-state index contributed by atoms with van der Waals surface area (Å²) in [5.41, 5.74) is -0.327. The number of nitrogens with zero attached hydrogens (tertiary/aromatic N) is 1. The van der Waals surface area contributed by atoms with Gasteiger partial charge in [0.2, 0.25) is 6.10 Å². The molecule has 1 fully saturated rings. The van der Waals surface area contributed by atoms with E-state index in [1.807, 2.05) is 27.7 Å². The van der Waals surface area contributed by atoms with Gasteiger partial charge in [-0.3, -0.25) is 9.78 Å². The molecule has 0 aliphatic carbocycles. The predicted molar refractivity (Wildman–Crippen MR) is 91.1 cm³/mol. The predicted octanol–water partition coefficient (Wildman–Crippen LogP) is 1.55. The van der Waals surface area contributed by atoms with Crippen LogP contribution in [0, 0.1) is 0 Å². The van der Waals surface area contributed by atoms with E-state index in [-0.39, 0.29) is 12.3 Å². The number of aromatic nitrogens is 1. The molecule has 1 aromatic rings. The van der Waals surface area contributed by atoms with E-state index in [2.05, 4.69) is 4.98 Å². The van der Waals surface area contributed by atoms with Crippen LogP contribution in [-0.2, 0) is 28.4 Å². The van der Waals surface area contributed by atoms with Gasteiger partial charge in [0.1, 0.15) is 0 Å². The van der Waals surface area contributed by atoms with E-state index in [4.69, 9.17) is 18.8 Å². The van der Waals surface area contributed by atoms with Crippen LogP contribution in [-0.4, -0.2) is 41.8 Å². The fourth-order valence-corrected chi connectivity index (χ4v) is 2.42. The maximum atomic E-state index is 12.3. The van der Waals surface area contributed by atoms with Gasteiger partial charge >= 0.3 is 19.1 Å². The molecule has 0 saturated carbocycles. The molecule has 0 radical (unpaired) electrons. The van der Waals surface area contributed by atoms with Crippen molar-refractivity contribution >= 4 is 24.5 Å². The fourth-order valence-electron chi connectivity index (χ4n) is 2.42. The van der Waals surface area contributed by atoms with E-state index in [9.17, 15) is 9.59 Å². The van der Waals surface area contributed by atoms with Crippen LogP contribution < -0.4 is 5.46 Å². The van der Waals surface area contributed by atoms with E-state index < -0.39 is 36.4 Å². The molecule has 7 nitrogen and oxygen atoms in total. The van der Waals surface area contributed by atoms with Gasteiger partial charge in [0.25, 0.3) is 0 Å². The molecule has 2 rings (SSSR count). The fraction of sp³-hybridized carbons (Fsp3) is 0.588. The number of ether oxygens (including phenoxy) is 2. The smallest absolute Gasteiger partial charge is 0.463 e. The normalized spacial score (nSPS) is 19.4. The molecule has 25 heavy (non-hydrogen) atoms. The Morgan fingerprint density at radius 3 is 2.36 bits per heavy atom. The van der Waals surface area contributed by atoms with Crippen LogP contribution in [0.15, 0.2) is 18.3 Å². The first-order chi connectivity index (χ1) is 11.6. The average molecular weight is 349 g/mol. The Balaban J connectivity index is 2.42. The lowest BCUT2D eigenvalue weighted by Crippen LogP contribution is -2.41. The molecule has 1 saturated heterocycles. The van der Waals surface area contributed by atoms with Crippen molar-refractivity contribution in [1.82, 2.24) is 4.98 Å². The molecule has 136 valence electrons. The zero-order valence-corrected chi connectivity index (χ0v) is 15.5. The highest BCUT2D eigenvalue weighted by Crippen LogP contribution is 2.37. The maximum Gasteiger partial charge on any atom is 0.496 e. The molecule has 1 aliphatic heterocycles. The molecule has 1 aromatic heterocycles. The summed E-state index contributed by atoms with van der Waals surface area (Å²) in [5, 5.41) is 0. The number of hydrogen-bond donors (Lipinski definition) is 0. The third kappa shape index (κ3) is 4.01. The Hall–Kier alpha value is -1.93. The van der Waals surface area contributed by atoms with Gasteiger partial charge in [0, 0.05) is 18.6 Å². The summed E-state index contributed by atoms with van der Waals surface area (Å²) in [6.07, 6.45) is 0.243. The SMILES string of the molecule is CCOC(=O)C(OC(C)=O)c1ncccc1B1OC(C)(C)C(C)(C)O1. The Bertz CT molecular complexity index is 644. The lowest BCUT2D eigenvalue weighted by molar-refractivity contribution is -0.167. The van der Waals surface area contributed by atoms with Crippen molar-refractivity contribution in [2.75, 3.05) is 6.61 Å². The minimum Gasteiger partial charge on any atom is -0.463 e. The Labute approximate surface area is 148 Å². The van der Waals surface area contributed by atoms with E-state index in [0.717, 1.165) is 0 Å². The monoisotopic (exact) mass is 349 g/mol. The van der Waals surface area contributed by atoms with Crippen LogP contribution >= 0.6 is 0 Å². The minimum atomic E-state index is -1.27. The topological polar surface area (TPSA) is 84.0 Å². The van der Waals surface area contributed by atoms with E-state index in [1.54, 1.807) is 19.1 Å². The van der Waals surface area contributed by atoms with Crippen molar-refractivity contribution in [2.24, 2.45) is 0 Å². The summed E-state index contributed by atoms with van der Waals surface area (Å²) in [5.74, 6) is -1.29. The zero-order valence-electron chi connectivity index (χ0n) is 15.5. The molecule has 0 N–H and O–H groups in total. The second kappa shape index (κ2) is 7.13. The summed E-state index contributed by atoms with van der Waals surface area (Å²) >= 11 is 0. The summed E-state index contributed by atoms with van der Waals surface area (Å²) in [6, 6.07) is 3.44. The molecule has 1 unspecified atom stereocenters. The van der Waals surface area contributed by atoms with Crippen molar-refractivity contribution in [1.29, 1.82) is 0 Å². The quantitative estimate of drug-likeness (QED) is 0.589. The lowest BCUT2D eigenvalue weighted by atomic mass is 9.76. The molecule has 1 atom stereocenters.